The third-order valence-corrected chi connectivity index (χ3v) is 4.60. The average Bonchev–Trinajstić information content (AvgIpc) is 3.23. The zero-order valence-corrected chi connectivity index (χ0v) is 14.8. The molecule has 0 atom stereocenters. The molecule has 0 aliphatic heterocycles. The SMILES string of the molecule is O=C1C=C(Nc2cc(C(=O)c3ccccc3)ccc2-c2ccco2)CCC1. The number of hydrogen-bond donors (Lipinski definition) is 1. The summed E-state index contributed by atoms with van der Waals surface area (Å²) in [5, 5.41) is 3.34. The summed E-state index contributed by atoms with van der Waals surface area (Å²) in [4.78, 5) is 24.6. The highest BCUT2D eigenvalue weighted by atomic mass is 16.3. The van der Waals surface area contributed by atoms with Gasteiger partial charge in [0.2, 0.25) is 0 Å². The molecule has 0 saturated heterocycles. The summed E-state index contributed by atoms with van der Waals surface area (Å²) >= 11 is 0. The molecule has 1 aliphatic carbocycles. The summed E-state index contributed by atoms with van der Waals surface area (Å²) in [5.41, 5.74) is 3.70. The summed E-state index contributed by atoms with van der Waals surface area (Å²) in [6.07, 6.45) is 5.49. The van der Waals surface area contributed by atoms with Gasteiger partial charge in [0.1, 0.15) is 5.76 Å². The van der Waals surface area contributed by atoms with E-state index >= 15 is 0 Å². The van der Waals surface area contributed by atoms with Crippen LogP contribution in [0.5, 0.6) is 0 Å². The molecule has 0 spiro atoms. The average molecular weight is 357 g/mol. The van der Waals surface area contributed by atoms with Crippen LogP contribution in [0.3, 0.4) is 0 Å². The van der Waals surface area contributed by atoms with E-state index in [4.69, 9.17) is 4.42 Å². The van der Waals surface area contributed by atoms with Crippen molar-refractivity contribution in [2.24, 2.45) is 0 Å². The fourth-order valence-corrected chi connectivity index (χ4v) is 3.26. The maximum atomic E-state index is 12.8. The molecule has 1 N–H and O–H groups in total. The Balaban J connectivity index is 1.73. The lowest BCUT2D eigenvalue weighted by Gasteiger charge is -2.17. The van der Waals surface area contributed by atoms with Crippen LogP contribution in [0, 0.1) is 0 Å². The van der Waals surface area contributed by atoms with Gasteiger partial charge in [-0.05, 0) is 37.1 Å². The molecule has 0 unspecified atom stereocenters. The predicted octanol–water partition coefficient (Wildman–Crippen LogP) is 5.23. The predicted molar refractivity (Wildman–Crippen MR) is 105 cm³/mol. The van der Waals surface area contributed by atoms with Gasteiger partial charge < -0.3 is 9.73 Å². The van der Waals surface area contributed by atoms with Crippen LogP contribution in [0.1, 0.15) is 35.2 Å². The van der Waals surface area contributed by atoms with Crippen LogP contribution >= 0.6 is 0 Å². The Labute approximate surface area is 157 Å². The van der Waals surface area contributed by atoms with E-state index in [2.05, 4.69) is 5.32 Å². The van der Waals surface area contributed by atoms with Crippen molar-refractivity contribution in [2.75, 3.05) is 5.32 Å². The Bertz CT molecular complexity index is 1000. The standard InChI is InChI=1S/C23H19NO3/c25-19-9-4-8-18(15-19)24-21-14-17(23(26)16-6-2-1-3-7-16)11-12-20(21)22-10-5-13-27-22/h1-3,5-7,10-15,24H,4,8-9H2. The van der Waals surface area contributed by atoms with E-state index in [0.29, 0.717) is 23.3 Å². The second-order valence-electron chi connectivity index (χ2n) is 6.55. The lowest BCUT2D eigenvalue weighted by atomic mass is 9.98. The van der Waals surface area contributed by atoms with Crippen molar-refractivity contribution < 1.29 is 14.0 Å². The van der Waals surface area contributed by atoms with E-state index in [-0.39, 0.29) is 11.6 Å². The molecule has 4 rings (SSSR count). The summed E-state index contributed by atoms with van der Waals surface area (Å²) in [5.74, 6) is 0.789. The van der Waals surface area contributed by atoms with E-state index in [1.165, 1.54) is 0 Å². The molecular formula is C23H19NO3. The van der Waals surface area contributed by atoms with E-state index in [1.807, 2.05) is 42.5 Å². The minimum Gasteiger partial charge on any atom is -0.464 e. The normalized spacial score (nSPS) is 13.9. The second kappa shape index (κ2) is 7.46. The molecule has 0 fully saturated rings. The molecule has 1 aromatic heterocycles. The molecule has 27 heavy (non-hydrogen) atoms. The van der Waals surface area contributed by atoms with Crippen LogP contribution in [0.4, 0.5) is 5.69 Å². The molecule has 0 bridgehead atoms. The Hall–Kier alpha value is -3.40. The van der Waals surface area contributed by atoms with Crippen molar-refractivity contribution in [1.29, 1.82) is 0 Å². The van der Waals surface area contributed by atoms with E-state index in [9.17, 15) is 9.59 Å². The van der Waals surface area contributed by atoms with E-state index in [1.54, 1.807) is 30.5 Å². The number of carbonyl (C=O) groups is 2. The highest BCUT2D eigenvalue weighted by Crippen LogP contribution is 2.32. The molecule has 4 heteroatoms. The molecule has 4 nitrogen and oxygen atoms in total. The third kappa shape index (κ3) is 3.75. The number of rotatable bonds is 5. The van der Waals surface area contributed by atoms with Gasteiger partial charge in [0.25, 0.3) is 0 Å². The minimum atomic E-state index is -0.0432. The van der Waals surface area contributed by atoms with Crippen LogP contribution in [-0.4, -0.2) is 11.6 Å². The molecule has 2 aromatic carbocycles. The van der Waals surface area contributed by atoms with Crippen LogP contribution in [0.25, 0.3) is 11.3 Å². The quantitative estimate of drug-likeness (QED) is 0.636. The summed E-state index contributed by atoms with van der Waals surface area (Å²) in [6.45, 7) is 0. The Morgan fingerprint density at radius 1 is 0.926 bits per heavy atom. The van der Waals surface area contributed by atoms with Gasteiger partial charge in [-0.15, -0.1) is 0 Å². The summed E-state index contributed by atoms with van der Waals surface area (Å²) in [7, 11) is 0. The number of anilines is 1. The number of carbonyl (C=O) groups excluding carboxylic acids is 2. The number of ketones is 2. The monoisotopic (exact) mass is 357 g/mol. The zero-order valence-electron chi connectivity index (χ0n) is 14.8. The summed E-state index contributed by atoms with van der Waals surface area (Å²) in [6, 6.07) is 18.4. The van der Waals surface area contributed by atoms with Gasteiger partial charge in [-0.1, -0.05) is 36.4 Å². The van der Waals surface area contributed by atoms with Crippen LogP contribution in [-0.2, 0) is 4.79 Å². The largest absolute Gasteiger partial charge is 0.464 e. The smallest absolute Gasteiger partial charge is 0.193 e. The van der Waals surface area contributed by atoms with Crippen LogP contribution < -0.4 is 5.32 Å². The Morgan fingerprint density at radius 3 is 2.52 bits per heavy atom. The first-order valence-corrected chi connectivity index (χ1v) is 8.99. The molecule has 0 saturated carbocycles. The Morgan fingerprint density at radius 2 is 1.78 bits per heavy atom. The van der Waals surface area contributed by atoms with Gasteiger partial charge >= 0.3 is 0 Å². The maximum Gasteiger partial charge on any atom is 0.193 e. The second-order valence-corrected chi connectivity index (χ2v) is 6.55. The first-order chi connectivity index (χ1) is 13.2. The van der Waals surface area contributed by atoms with Gasteiger partial charge in [-0.3, -0.25) is 9.59 Å². The van der Waals surface area contributed by atoms with Crippen molar-refractivity contribution in [1.82, 2.24) is 0 Å². The number of hydrogen-bond acceptors (Lipinski definition) is 4. The first kappa shape index (κ1) is 17.0. The lowest BCUT2D eigenvalue weighted by Crippen LogP contribution is -2.10. The van der Waals surface area contributed by atoms with Gasteiger partial charge in [0.15, 0.2) is 11.6 Å². The van der Waals surface area contributed by atoms with Gasteiger partial charge in [-0.2, -0.15) is 0 Å². The minimum absolute atomic E-state index is 0.0432. The van der Waals surface area contributed by atoms with Gasteiger partial charge in [0.05, 0.1) is 12.0 Å². The van der Waals surface area contributed by atoms with Crippen LogP contribution in [0.15, 0.2) is 83.1 Å². The number of furan rings is 1. The summed E-state index contributed by atoms with van der Waals surface area (Å²) < 4.78 is 5.54. The number of nitrogens with one attached hydrogen (secondary N) is 1. The number of allylic oxidation sites excluding steroid dienone is 2. The third-order valence-electron chi connectivity index (χ3n) is 4.60. The Kier molecular flexibility index (Phi) is 4.71. The first-order valence-electron chi connectivity index (χ1n) is 8.99. The molecule has 134 valence electrons. The van der Waals surface area contributed by atoms with Gasteiger partial charge in [0, 0.05) is 34.9 Å². The molecule has 0 amide bonds. The maximum absolute atomic E-state index is 12.8. The molecule has 0 radical (unpaired) electrons. The van der Waals surface area contributed by atoms with E-state index < -0.39 is 0 Å². The number of benzene rings is 2. The van der Waals surface area contributed by atoms with E-state index in [0.717, 1.165) is 29.8 Å². The van der Waals surface area contributed by atoms with Crippen molar-refractivity contribution in [3.8, 4) is 11.3 Å². The molecule has 3 aromatic rings. The van der Waals surface area contributed by atoms with Gasteiger partial charge in [-0.25, -0.2) is 0 Å². The fourth-order valence-electron chi connectivity index (χ4n) is 3.26. The topological polar surface area (TPSA) is 59.3 Å². The van der Waals surface area contributed by atoms with Crippen molar-refractivity contribution in [2.45, 2.75) is 19.3 Å². The van der Waals surface area contributed by atoms with Crippen molar-refractivity contribution in [3.05, 3.63) is 89.8 Å². The van der Waals surface area contributed by atoms with Crippen molar-refractivity contribution in [3.63, 3.8) is 0 Å². The van der Waals surface area contributed by atoms with Crippen molar-refractivity contribution >= 4 is 17.3 Å². The highest BCUT2D eigenvalue weighted by Gasteiger charge is 2.16. The molecular weight excluding hydrogens is 338 g/mol. The highest BCUT2D eigenvalue weighted by molar-refractivity contribution is 6.10. The molecule has 1 aliphatic rings. The zero-order chi connectivity index (χ0) is 18.6. The lowest BCUT2D eigenvalue weighted by molar-refractivity contribution is -0.115. The van der Waals surface area contributed by atoms with Crippen LogP contribution in [0.2, 0.25) is 0 Å². The fraction of sp³-hybridized carbons (Fsp3) is 0.130. The molecule has 1 heterocycles.